The Labute approximate surface area is 122 Å². The highest BCUT2D eigenvalue weighted by atomic mass is 16.4. The molecule has 1 aromatic heterocycles. The summed E-state index contributed by atoms with van der Waals surface area (Å²) < 4.78 is 2.27. The zero-order valence-electron chi connectivity index (χ0n) is 11.9. The molecule has 4 heteroatoms. The summed E-state index contributed by atoms with van der Waals surface area (Å²) in [5.74, 6) is -0.967. The van der Waals surface area contributed by atoms with E-state index in [4.69, 9.17) is 10.8 Å². The van der Waals surface area contributed by atoms with Crippen molar-refractivity contribution in [3.63, 3.8) is 0 Å². The summed E-state index contributed by atoms with van der Waals surface area (Å²) in [5.41, 5.74) is 8.96. The van der Waals surface area contributed by atoms with Gasteiger partial charge in [-0.15, -0.1) is 0 Å². The SMILES string of the molecule is CCn1c2ccccc2c2cc(C[C@H](N)C(=O)O)ccc21. The highest BCUT2D eigenvalue weighted by Gasteiger charge is 2.14. The predicted molar refractivity (Wildman–Crippen MR) is 84.4 cm³/mol. The largest absolute Gasteiger partial charge is 0.480 e. The van der Waals surface area contributed by atoms with Crippen LogP contribution in [0.3, 0.4) is 0 Å². The molecule has 0 radical (unpaired) electrons. The summed E-state index contributed by atoms with van der Waals surface area (Å²) in [6.45, 7) is 3.03. The van der Waals surface area contributed by atoms with Gasteiger partial charge < -0.3 is 15.4 Å². The van der Waals surface area contributed by atoms with Gasteiger partial charge in [-0.1, -0.05) is 24.3 Å². The number of benzene rings is 2. The fourth-order valence-corrected chi connectivity index (χ4v) is 2.91. The molecule has 3 N–H and O–H groups in total. The van der Waals surface area contributed by atoms with Gasteiger partial charge in [-0.25, -0.2) is 0 Å². The molecule has 0 bridgehead atoms. The maximum atomic E-state index is 10.9. The van der Waals surface area contributed by atoms with Crippen molar-refractivity contribution >= 4 is 27.8 Å². The van der Waals surface area contributed by atoms with Crippen LogP contribution in [0.5, 0.6) is 0 Å². The lowest BCUT2D eigenvalue weighted by Gasteiger charge is -2.07. The molecule has 0 aliphatic carbocycles. The minimum Gasteiger partial charge on any atom is -0.480 e. The molecule has 21 heavy (non-hydrogen) atoms. The first-order chi connectivity index (χ1) is 10.1. The van der Waals surface area contributed by atoms with E-state index in [-0.39, 0.29) is 0 Å². The third-order valence-electron chi connectivity index (χ3n) is 3.93. The molecule has 1 heterocycles. The second-order valence-electron chi connectivity index (χ2n) is 5.26. The molecule has 0 fully saturated rings. The Hall–Kier alpha value is -2.33. The highest BCUT2D eigenvalue weighted by molar-refractivity contribution is 6.08. The number of nitrogens with zero attached hydrogens (tertiary/aromatic N) is 1. The Bertz CT molecular complexity index is 820. The third kappa shape index (κ3) is 2.28. The van der Waals surface area contributed by atoms with Crippen LogP contribution < -0.4 is 5.73 Å². The molecule has 0 unspecified atom stereocenters. The first kappa shape index (κ1) is 13.6. The molecule has 4 nitrogen and oxygen atoms in total. The van der Waals surface area contributed by atoms with Crippen molar-refractivity contribution in [2.45, 2.75) is 25.9 Å². The lowest BCUT2D eigenvalue weighted by molar-refractivity contribution is -0.138. The van der Waals surface area contributed by atoms with E-state index in [9.17, 15) is 4.79 Å². The summed E-state index contributed by atoms with van der Waals surface area (Å²) in [4.78, 5) is 10.9. The average Bonchev–Trinajstić information content (AvgIpc) is 2.80. The number of para-hydroxylation sites is 1. The van der Waals surface area contributed by atoms with E-state index < -0.39 is 12.0 Å². The summed E-state index contributed by atoms with van der Waals surface area (Å²) in [6.07, 6.45) is 0.344. The number of aryl methyl sites for hydroxylation is 1. The topological polar surface area (TPSA) is 68.2 Å². The maximum Gasteiger partial charge on any atom is 0.320 e. The first-order valence-electron chi connectivity index (χ1n) is 7.10. The van der Waals surface area contributed by atoms with Gasteiger partial charge in [0.15, 0.2) is 0 Å². The smallest absolute Gasteiger partial charge is 0.320 e. The zero-order chi connectivity index (χ0) is 15.0. The molecule has 0 saturated carbocycles. The maximum absolute atomic E-state index is 10.9. The third-order valence-corrected chi connectivity index (χ3v) is 3.93. The lowest BCUT2D eigenvalue weighted by Crippen LogP contribution is -2.32. The van der Waals surface area contributed by atoms with Gasteiger partial charge in [0.25, 0.3) is 0 Å². The van der Waals surface area contributed by atoms with Gasteiger partial charge in [-0.2, -0.15) is 0 Å². The van der Waals surface area contributed by atoms with Gasteiger partial charge >= 0.3 is 5.97 Å². The number of aromatic nitrogens is 1. The van der Waals surface area contributed by atoms with E-state index in [0.717, 1.165) is 17.5 Å². The Balaban J connectivity index is 2.17. The Morgan fingerprint density at radius 1 is 1.19 bits per heavy atom. The fourth-order valence-electron chi connectivity index (χ4n) is 2.91. The second-order valence-corrected chi connectivity index (χ2v) is 5.26. The van der Waals surface area contributed by atoms with E-state index >= 15 is 0 Å². The van der Waals surface area contributed by atoms with E-state index in [0.29, 0.717) is 6.42 Å². The minimum atomic E-state index is -0.967. The van der Waals surface area contributed by atoms with Gasteiger partial charge in [-0.05, 0) is 37.1 Å². The van der Waals surface area contributed by atoms with Gasteiger partial charge in [-0.3, -0.25) is 4.79 Å². The van der Waals surface area contributed by atoms with Gasteiger partial charge in [0.1, 0.15) is 6.04 Å². The summed E-state index contributed by atoms with van der Waals surface area (Å²) in [5, 5.41) is 11.3. The summed E-state index contributed by atoms with van der Waals surface area (Å²) >= 11 is 0. The predicted octanol–water partition coefficient (Wildman–Crippen LogP) is 2.77. The number of hydrogen-bond donors (Lipinski definition) is 2. The molecule has 0 saturated heterocycles. The Morgan fingerprint density at radius 2 is 1.90 bits per heavy atom. The van der Waals surface area contributed by atoms with Crippen molar-refractivity contribution in [3.05, 3.63) is 48.0 Å². The normalized spacial score (nSPS) is 12.9. The van der Waals surface area contributed by atoms with Crippen molar-refractivity contribution in [2.24, 2.45) is 5.73 Å². The zero-order valence-corrected chi connectivity index (χ0v) is 11.9. The van der Waals surface area contributed by atoms with Crippen LogP contribution in [-0.4, -0.2) is 21.7 Å². The number of carboxylic acid groups (broad SMARTS) is 1. The van der Waals surface area contributed by atoms with Crippen LogP contribution in [0.2, 0.25) is 0 Å². The highest BCUT2D eigenvalue weighted by Crippen LogP contribution is 2.29. The second kappa shape index (κ2) is 5.22. The summed E-state index contributed by atoms with van der Waals surface area (Å²) in [6, 6.07) is 13.5. The Morgan fingerprint density at radius 3 is 2.62 bits per heavy atom. The van der Waals surface area contributed by atoms with E-state index in [1.165, 1.54) is 16.4 Å². The molecule has 2 aromatic carbocycles. The number of fused-ring (bicyclic) bond motifs is 3. The van der Waals surface area contributed by atoms with Crippen molar-refractivity contribution < 1.29 is 9.90 Å². The average molecular weight is 282 g/mol. The number of aliphatic carboxylic acids is 1. The number of hydrogen-bond acceptors (Lipinski definition) is 2. The lowest BCUT2D eigenvalue weighted by atomic mass is 10.0. The van der Waals surface area contributed by atoms with Gasteiger partial charge in [0.2, 0.25) is 0 Å². The van der Waals surface area contributed by atoms with E-state index in [1.807, 2.05) is 18.2 Å². The van der Waals surface area contributed by atoms with Crippen molar-refractivity contribution in [2.75, 3.05) is 0 Å². The number of nitrogens with two attached hydrogens (primary N) is 1. The standard InChI is InChI=1S/C17H18N2O2/c1-2-19-15-6-4-3-5-12(15)13-9-11(7-8-16(13)19)10-14(18)17(20)21/h3-9,14H,2,10,18H2,1H3,(H,20,21)/t14-/m0/s1. The number of rotatable bonds is 4. The molecular weight excluding hydrogens is 264 g/mol. The van der Waals surface area contributed by atoms with Gasteiger partial charge in [0, 0.05) is 28.4 Å². The van der Waals surface area contributed by atoms with Crippen molar-refractivity contribution in [1.29, 1.82) is 0 Å². The van der Waals surface area contributed by atoms with Crippen LogP contribution in [0.1, 0.15) is 12.5 Å². The van der Waals surface area contributed by atoms with Crippen LogP contribution in [0.25, 0.3) is 21.8 Å². The van der Waals surface area contributed by atoms with E-state index in [1.54, 1.807) is 0 Å². The van der Waals surface area contributed by atoms with Crippen molar-refractivity contribution in [3.8, 4) is 0 Å². The molecule has 108 valence electrons. The molecule has 3 rings (SSSR count). The van der Waals surface area contributed by atoms with Crippen LogP contribution in [0.15, 0.2) is 42.5 Å². The number of carboxylic acids is 1. The molecule has 0 aliphatic rings. The Kier molecular flexibility index (Phi) is 3.39. The van der Waals surface area contributed by atoms with Crippen LogP contribution in [0, 0.1) is 0 Å². The first-order valence-corrected chi connectivity index (χ1v) is 7.10. The molecule has 0 spiro atoms. The molecule has 0 aliphatic heterocycles. The van der Waals surface area contributed by atoms with E-state index in [2.05, 4.69) is 35.8 Å². The van der Waals surface area contributed by atoms with Crippen LogP contribution in [0.4, 0.5) is 0 Å². The monoisotopic (exact) mass is 282 g/mol. The quantitative estimate of drug-likeness (QED) is 0.773. The molecule has 3 aromatic rings. The molecule has 1 atom stereocenters. The molecular formula is C17H18N2O2. The van der Waals surface area contributed by atoms with Crippen molar-refractivity contribution in [1.82, 2.24) is 4.57 Å². The summed E-state index contributed by atoms with van der Waals surface area (Å²) in [7, 11) is 0. The minimum absolute atomic E-state index is 0.344. The van der Waals surface area contributed by atoms with Crippen LogP contribution in [-0.2, 0) is 17.8 Å². The fraction of sp³-hybridized carbons (Fsp3) is 0.235. The van der Waals surface area contributed by atoms with Crippen LogP contribution >= 0.6 is 0 Å². The van der Waals surface area contributed by atoms with Gasteiger partial charge in [0.05, 0.1) is 0 Å². The number of carbonyl (C=O) groups is 1. The molecule has 0 amide bonds.